The molecule has 2 aliphatic heterocycles. The largest absolute Gasteiger partial charge is 0.368 e. The van der Waals surface area contributed by atoms with Crippen molar-refractivity contribution in [1.82, 2.24) is 9.80 Å². The minimum Gasteiger partial charge on any atom is -0.368 e. The second kappa shape index (κ2) is 9.19. The van der Waals surface area contributed by atoms with Crippen molar-refractivity contribution in [1.29, 1.82) is 0 Å². The molecule has 0 N–H and O–H groups in total. The zero-order chi connectivity index (χ0) is 20.2. The summed E-state index contributed by atoms with van der Waals surface area (Å²) in [5.41, 5.74) is 2.54. The van der Waals surface area contributed by atoms with Gasteiger partial charge in [0.05, 0.1) is 0 Å². The summed E-state index contributed by atoms with van der Waals surface area (Å²) < 4.78 is 0. The molecule has 1 aromatic carbocycles. The van der Waals surface area contributed by atoms with Crippen LogP contribution in [0.2, 0.25) is 0 Å². The molecule has 1 aromatic rings. The molecule has 29 heavy (non-hydrogen) atoms. The first-order valence-corrected chi connectivity index (χ1v) is 11.5. The Labute approximate surface area is 175 Å². The van der Waals surface area contributed by atoms with Gasteiger partial charge in [0.15, 0.2) is 0 Å². The number of amides is 2. The molecule has 3 aliphatic rings. The highest BCUT2D eigenvalue weighted by Crippen LogP contribution is 2.35. The van der Waals surface area contributed by atoms with Crippen molar-refractivity contribution in [2.75, 3.05) is 37.6 Å². The summed E-state index contributed by atoms with van der Waals surface area (Å²) in [7, 11) is 0. The van der Waals surface area contributed by atoms with Gasteiger partial charge in [0.25, 0.3) is 0 Å². The van der Waals surface area contributed by atoms with Gasteiger partial charge in [-0.1, -0.05) is 31.0 Å². The van der Waals surface area contributed by atoms with E-state index >= 15 is 0 Å². The lowest BCUT2D eigenvalue weighted by atomic mass is 9.78. The van der Waals surface area contributed by atoms with Gasteiger partial charge in [-0.25, -0.2) is 0 Å². The van der Waals surface area contributed by atoms with Crippen molar-refractivity contribution in [2.24, 2.45) is 5.92 Å². The number of rotatable bonds is 4. The zero-order valence-corrected chi connectivity index (χ0v) is 17.8. The topological polar surface area (TPSA) is 43.9 Å². The third-order valence-electron chi connectivity index (χ3n) is 7.20. The number of para-hydroxylation sites is 1. The highest BCUT2D eigenvalue weighted by atomic mass is 16.2. The predicted molar refractivity (Wildman–Crippen MR) is 116 cm³/mol. The third-order valence-corrected chi connectivity index (χ3v) is 7.20. The van der Waals surface area contributed by atoms with Crippen molar-refractivity contribution in [3.63, 3.8) is 0 Å². The molecule has 2 unspecified atom stereocenters. The number of carbonyl (C=O) groups excluding carboxylic acids is 2. The summed E-state index contributed by atoms with van der Waals surface area (Å²) in [6, 6.07) is 8.87. The molecule has 2 amide bonds. The fourth-order valence-electron chi connectivity index (χ4n) is 5.56. The molecule has 0 aromatic heterocycles. The van der Waals surface area contributed by atoms with Crippen molar-refractivity contribution < 1.29 is 9.59 Å². The van der Waals surface area contributed by atoms with Crippen LogP contribution in [0.5, 0.6) is 0 Å². The van der Waals surface area contributed by atoms with Crippen molar-refractivity contribution in [3.8, 4) is 0 Å². The number of anilines is 1. The zero-order valence-electron chi connectivity index (χ0n) is 17.8. The standard InChI is InChI=1S/C24H35N3O2/c1-19-7-2-4-10-21(19)25-15-17-26(18-16-25)23(28)12-13-24(29)27-14-6-9-20-8-3-5-11-22(20)27/h2,4,7,10,20,22H,3,5-6,8-9,11-18H2,1H3. The Hall–Kier alpha value is -2.04. The van der Waals surface area contributed by atoms with E-state index in [1.54, 1.807) is 0 Å². The molecule has 5 heteroatoms. The number of fused-ring (bicyclic) bond motifs is 1. The van der Waals surface area contributed by atoms with Crippen molar-refractivity contribution in [3.05, 3.63) is 29.8 Å². The van der Waals surface area contributed by atoms with Gasteiger partial charge in [0.1, 0.15) is 0 Å². The highest BCUT2D eigenvalue weighted by molar-refractivity contribution is 5.84. The fraction of sp³-hybridized carbons (Fsp3) is 0.667. The van der Waals surface area contributed by atoms with E-state index in [0.29, 0.717) is 24.8 Å². The Balaban J connectivity index is 1.25. The van der Waals surface area contributed by atoms with E-state index in [9.17, 15) is 9.59 Å². The number of aryl methyl sites for hydroxylation is 1. The maximum atomic E-state index is 12.9. The first-order chi connectivity index (χ1) is 14.1. The van der Waals surface area contributed by atoms with Gasteiger partial charge in [-0.3, -0.25) is 9.59 Å². The summed E-state index contributed by atoms with van der Waals surface area (Å²) in [6.45, 7) is 6.24. The molecule has 3 fully saturated rings. The molecule has 1 aliphatic carbocycles. The average molecular weight is 398 g/mol. The van der Waals surface area contributed by atoms with Crippen molar-refractivity contribution in [2.45, 2.75) is 64.3 Å². The SMILES string of the molecule is Cc1ccccc1N1CCN(C(=O)CCC(=O)N2CCCC3CCCCC32)CC1. The summed E-state index contributed by atoms with van der Waals surface area (Å²) in [5.74, 6) is 1.04. The number of carbonyl (C=O) groups is 2. The van der Waals surface area contributed by atoms with E-state index in [-0.39, 0.29) is 11.8 Å². The number of likely N-dealkylation sites (tertiary alicyclic amines) is 1. The fourth-order valence-corrected chi connectivity index (χ4v) is 5.56. The van der Waals surface area contributed by atoms with Gasteiger partial charge < -0.3 is 14.7 Å². The van der Waals surface area contributed by atoms with Crippen LogP contribution in [0.3, 0.4) is 0 Å². The third kappa shape index (κ3) is 4.59. The molecule has 4 rings (SSSR count). The van der Waals surface area contributed by atoms with Crippen LogP contribution in [0, 0.1) is 12.8 Å². The van der Waals surface area contributed by atoms with Crippen LogP contribution in [-0.2, 0) is 9.59 Å². The average Bonchev–Trinajstić information content (AvgIpc) is 2.77. The monoisotopic (exact) mass is 397 g/mol. The number of piperidine rings is 1. The predicted octanol–water partition coefficient (Wildman–Crippen LogP) is 3.61. The molecule has 0 spiro atoms. The maximum Gasteiger partial charge on any atom is 0.223 e. The lowest BCUT2D eigenvalue weighted by molar-refractivity contribution is -0.141. The van der Waals surface area contributed by atoms with Crippen LogP contribution < -0.4 is 4.90 Å². The van der Waals surface area contributed by atoms with Crippen LogP contribution in [0.15, 0.2) is 24.3 Å². The summed E-state index contributed by atoms with van der Waals surface area (Å²) in [5, 5.41) is 0. The normalized spacial score (nSPS) is 24.9. The maximum absolute atomic E-state index is 12.9. The molecule has 1 saturated carbocycles. The van der Waals surface area contributed by atoms with Gasteiger partial charge >= 0.3 is 0 Å². The Bertz CT molecular complexity index is 725. The second-order valence-electron chi connectivity index (χ2n) is 9.00. The number of piperazine rings is 1. The van der Waals surface area contributed by atoms with E-state index < -0.39 is 0 Å². The number of benzene rings is 1. The quantitative estimate of drug-likeness (QED) is 0.780. The molecular formula is C24H35N3O2. The van der Waals surface area contributed by atoms with E-state index in [1.165, 1.54) is 36.9 Å². The van der Waals surface area contributed by atoms with E-state index in [2.05, 4.69) is 41.0 Å². The summed E-state index contributed by atoms with van der Waals surface area (Å²) >= 11 is 0. The van der Waals surface area contributed by atoms with Crippen LogP contribution in [0.25, 0.3) is 0 Å². The van der Waals surface area contributed by atoms with E-state index in [0.717, 1.165) is 45.6 Å². The number of hydrogen-bond acceptors (Lipinski definition) is 3. The van der Waals surface area contributed by atoms with Crippen LogP contribution in [0.1, 0.15) is 56.9 Å². The molecular weight excluding hydrogens is 362 g/mol. The van der Waals surface area contributed by atoms with Crippen LogP contribution in [0.4, 0.5) is 5.69 Å². The van der Waals surface area contributed by atoms with Gasteiger partial charge in [-0.2, -0.15) is 0 Å². The molecule has 0 radical (unpaired) electrons. The first-order valence-electron chi connectivity index (χ1n) is 11.5. The molecule has 158 valence electrons. The van der Waals surface area contributed by atoms with Gasteiger partial charge in [0, 0.05) is 57.3 Å². The van der Waals surface area contributed by atoms with Gasteiger partial charge in [-0.15, -0.1) is 0 Å². The minimum absolute atomic E-state index is 0.139. The van der Waals surface area contributed by atoms with Crippen molar-refractivity contribution >= 4 is 17.5 Å². The summed E-state index contributed by atoms with van der Waals surface area (Å²) in [6.07, 6.45) is 8.13. The molecule has 2 saturated heterocycles. The lowest BCUT2D eigenvalue weighted by Crippen LogP contribution is -2.50. The molecule has 0 bridgehead atoms. The lowest BCUT2D eigenvalue weighted by Gasteiger charge is -2.44. The Kier molecular flexibility index (Phi) is 6.41. The Morgan fingerprint density at radius 1 is 0.862 bits per heavy atom. The van der Waals surface area contributed by atoms with Crippen LogP contribution >= 0.6 is 0 Å². The second-order valence-corrected chi connectivity index (χ2v) is 9.00. The smallest absolute Gasteiger partial charge is 0.223 e. The van der Waals surface area contributed by atoms with E-state index in [1.807, 2.05) is 4.90 Å². The Morgan fingerprint density at radius 3 is 2.34 bits per heavy atom. The highest BCUT2D eigenvalue weighted by Gasteiger charge is 2.35. The minimum atomic E-state index is 0.139. The molecule has 2 atom stereocenters. The first kappa shape index (κ1) is 20.2. The number of nitrogens with zero attached hydrogens (tertiary/aromatic N) is 3. The van der Waals surface area contributed by atoms with E-state index in [4.69, 9.17) is 0 Å². The van der Waals surface area contributed by atoms with Gasteiger partial charge in [-0.05, 0) is 50.2 Å². The summed E-state index contributed by atoms with van der Waals surface area (Å²) in [4.78, 5) is 32.0. The van der Waals surface area contributed by atoms with Crippen LogP contribution in [-0.4, -0.2) is 60.4 Å². The van der Waals surface area contributed by atoms with Gasteiger partial charge in [0.2, 0.25) is 11.8 Å². The Morgan fingerprint density at radius 2 is 1.55 bits per heavy atom. The molecule has 5 nitrogen and oxygen atoms in total. The number of hydrogen-bond donors (Lipinski definition) is 0. The molecule has 2 heterocycles.